The predicted molar refractivity (Wildman–Crippen MR) is 108 cm³/mol. The molecule has 3 rings (SSSR count). The molecule has 2 aromatic heterocycles. The highest BCUT2D eigenvalue weighted by atomic mass is 32.1. The molecule has 1 aromatic carbocycles. The van der Waals surface area contributed by atoms with E-state index < -0.39 is 29.2 Å². The molecule has 0 aliphatic rings. The third kappa shape index (κ3) is 4.80. The van der Waals surface area contributed by atoms with Gasteiger partial charge >= 0.3 is 0 Å². The molecule has 1 atom stereocenters. The minimum absolute atomic E-state index is 0.0286. The van der Waals surface area contributed by atoms with Gasteiger partial charge in [0.25, 0.3) is 5.91 Å². The summed E-state index contributed by atoms with van der Waals surface area (Å²) in [5, 5.41) is 8.15. The highest BCUT2D eigenvalue weighted by Crippen LogP contribution is 2.31. The molecule has 0 aliphatic heterocycles. The van der Waals surface area contributed by atoms with Gasteiger partial charge in [-0.05, 0) is 62.1 Å². The number of rotatable bonds is 5. The van der Waals surface area contributed by atoms with E-state index in [0.717, 1.165) is 16.4 Å². The van der Waals surface area contributed by atoms with Crippen LogP contribution in [0.2, 0.25) is 0 Å². The average Bonchev–Trinajstić information content (AvgIpc) is 3.20. The maximum Gasteiger partial charge on any atom is 0.280 e. The number of aromatic nitrogens is 3. The Labute approximate surface area is 171 Å². The van der Waals surface area contributed by atoms with Crippen LogP contribution in [0.15, 0.2) is 54.2 Å². The summed E-state index contributed by atoms with van der Waals surface area (Å²) in [7, 11) is 0. The second kappa shape index (κ2) is 8.44. The van der Waals surface area contributed by atoms with Gasteiger partial charge in [-0.15, -0.1) is 5.10 Å². The lowest BCUT2D eigenvalue weighted by Crippen LogP contribution is -2.49. The molecule has 3 aromatic rings. The standard InChI is InChI=1S/C20H20FN5O2S/c1-20(2,3)23-18(27)17(13-8-10-22-11-9-13)26(16-7-5-4-6-14(16)21)19(28)15-12-29-25-24-15/h4-12,17H,1-3H3,(H,23,27)/t17-/m0/s1. The summed E-state index contributed by atoms with van der Waals surface area (Å²) in [6.07, 6.45) is 3.03. The molecule has 0 unspecified atom stereocenters. The second-order valence-corrected chi connectivity index (χ2v) is 7.95. The Morgan fingerprint density at radius 1 is 1.14 bits per heavy atom. The number of hydrogen-bond acceptors (Lipinski definition) is 6. The van der Waals surface area contributed by atoms with Gasteiger partial charge in [0, 0.05) is 23.3 Å². The zero-order valence-corrected chi connectivity index (χ0v) is 17.0. The van der Waals surface area contributed by atoms with Crippen molar-refractivity contribution in [3.05, 3.63) is 71.2 Å². The summed E-state index contributed by atoms with van der Waals surface area (Å²) in [6.45, 7) is 5.48. The lowest BCUT2D eigenvalue weighted by Gasteiger charge is -2.33. The van der Waals surface area contributed by atoms with Crippen molar-refractivity contribution < 1.29 is 14.0 Å². The number of benzene rings is 1. The average molecular weight is 413 g/mol. The van der Waals surface area contributed by atoms with Crippen molar-refractivity contribution in [3.8, 4) is 0 Å². The Hall–Kier alpha value is -3.20. The normalized spacial score (nSPS) is 12.3. The third-order valence-electron chi connectivity index (χ3n) is 3.94. The first-order valence-corrected chi connectivity index (χ1v) is 9.68. The van der Waals surface area contributed by atoms with E-state index in [-0.39, 0.29) is 11.4 Å². The van der Waals surface area contributed by atoms with Crippen molar-refractivity contribution >= 4 is 29.0 Å². The molecular weight excluding hydrogens is 393 g/mol. The molecule has 2 amide bonds. The van der Waals surface area contributed by atoms with Crippen molar-refractivity contribution in [3.63, 3.8) is 0 Å². The van der Waals surface area contributed by atoms with Crippen molar-refractivity contribution in [1.29, 1.82) is 0 Å². The van der Waals surface area contributed by atoms with Crippen LogP contribution >= 0.6 is 11.5 Å². The van der Waals surface area contributed by atoms with Crippen LogP contribution < -0.4 is 10.2 Å². The molecule has 29 heavy (non-hydrogen) atoms. The van der Waals surface area contributed by atoms with Gasteiger partial charge in [0.15, 0.2) is 5.69 Å². The molecule has 0 aliphatic carbocycles. The highest BCUT2D eigenvalue weighted by molar-refractivity contribution is 7.03. The molecule has 0 saturated heterocycles. The number of nitrogens with zero attached hydrogens (tertiary/aromatic N) is 4. The summed E-state index contributed by atoms with van der Waals surface area (Å²) in [6, 6.07) is 7.90. The first kappa shape index (κ1) is 20.5. The van der Waals surface area contributed by atoms with Gasteiger partial charge in [0.2, 0.25) is 5.91 Å². The molecule has 7 nitrogen and oxygen atoms in total. The Morgan fingerprint density at radius 3 is 2.41 bits per heavy atom. The van der Waals surface area contributed by atoms with Crippen LogP contribution in [0.25, 0.3) is 0 Å². The van der Waals surface area contributed by atoms with Crippen LogP contribution in [0.4, 0.5) is 10.1 Å². The summed E-state index contributed by atoms with van der Waals surface area (Å²) < 4.78 is 18.5. The maximum absolute atomic E-state index is 14.7. The number of carbonyl (C=O) groups excluding carboxylic acids is 2. The van der Waals surface area contributed by atoms with Crippen LogP contribution in [0, 0.1) is 5.82 Å². The van der Waals surface area contributed by atoms with Gasteiger partial charge in [-0.1, -0.05) is 16.6 Å². The number of nitrogens with one attached hydrogen (secondary N) is 1. The Bertz CT molecular complexity index is 990. The number of hydrogen-bond donors (Lipinski definition) is 1. The van der Waals surface area contributed by atoms with Gasteiger partial charge in [-0.25, -0.2) is 4.39 Å². The minimum Gasteiger partial charge on any atom is -0.349 e. The fraction of sp³-hybridized carbons (Fsp3) is 0.250. The quantitative estimate of drug-likeness (QED) is 0.693. The van der Waals surface area contributed by atoms with Gasteiger partial charge in [0.1, 0.15) is 11.9 Å². The van der Waals surface area contributed by atoms with E-state index in [1.54, 1.807) is 18.2 Å². The Morgan fingerprint density at radius 2 is 1.83 bits per heavy atom. The number of para-hydroxylation sites is 1. The summed E-state index contributed by atoms with van der Waals surface area (Å²) in [4.78, 5) is 31.7. The lowest BCUT2D eigenvalue weighted by atomic mass is 10.0. The molecule has 0 saturated carbocycles. The van der Waals surface area contributed by atoms with Crippen LogP contribution in [0.1, 0.15) is 42.9 Å². The Balaban J connectivity index is 2.18. The largest absolute Gasteiger partial charge is 0.349 e. The zero-order valence-electron chi connectivity index (χ0n) is 16.2. The fourth-order valence-electron chi connectivity index (χ4n) is 2.80. The number of carbonyl (C=O) groups is 2. The molecule has 0 radical (unpaired) electrons. The summed E-state index contributed by atoms with van der Waals surface area (Å²) in [5.74, 6) is -1.72. The SMILES string of the molecule is CC(C)(C)NC(=O)[C@H](c1ccncc1)N(C(=O)c1csnn1)c1ccccc1F. The number of anilines is 1. The highest BCUT2D eigenvalue weighted by Gasteiger charge is 2.36. The van der Waals surface area contributed by atoms with Crippen LogP contribution in [0.3, 0.4) is 0 Å². The van der Waals surface area contributed by atoms with Crippen molar-refractivity contribution in [2.45, 2.75) is 32.4 Å². The lowest BCUT2D eigenvalue weighted by molar-refractivity contribution is -0.123. The molecule has 1 N–H and O–H groups in total. The van der Waals surface area contributed by atoms with Gasteiger partial charge in [0.05, 0.1) is 5.69 Å². The second-order valence-electron chi connectivity index (χ2n) is 7.34. The molecule has 0 spiro atoms. The van der Waals surface area contributed by atoms with E-state index in [4.69, 9.17) is 0 Å². The fourth-order valence-corrected chi connectivity index (χ4v) is 3.23. The molecule has 9 heteroatoms. The zero-order chi connectivity index (χ0) is 21.0. The van der Waals surface area contributed by atoms with Crippen LogP contribution in [0.5, 0.6) is 0 Å². The first-order valence-electron chi connectivity index (χ1n) is 8.85. The Kier molecular flexibility index (Phi) is 5.97. The van der Waals surface area contributed by atoms with E-state index in [0.29, 0.717) is 5.56 Å². The van der Waals surface area contributed by atoms with Crippen molar-refractivity contribution in [2.24, 2.45) is 0 Å². The van der Waals surface area contributed by atoms with Gasteiger partial charge in [-0.3, -0.25) is 19.5 Å². The van der Waals surface area contributed by atoms with Gasteiger partial charge < -0.3 is 5.32 Å². The molecule has 0 bridgehead atoms. The monoisotopic (exact) mass is 413 g/mol. The predicted octanol–water partition coefficient (Wildman–Crippen LogP) is 3.38. The number of halogens is 1. The van der Waals surface area contributed by atoms with E-state index in [2.05, 4.69) is 19.9 Å². The maximum atomic E-state index is 14.7. The topological polar surface area (TPSA) is 88.1 Å². The van der Waals surface area contributed by atoms with Crippen LogP contribution in [-0.2, 0) is 4.79 Å². The minimum atomic E-state index is -1.14. The van der Waals surface area contributed by atoms with E-state index in [9.17, 15) is 14.0 Å². The number of amides is 2. The molecule has 0 fully saturated rings. The van der Waals surface area contributed by atoms with Crippen LogP contribution in [-0.4, -0.2) is 31.9 Å². The first-order chi connectivity index (χ1) is 13.8. The van der Waals surface area contributed by atoms with E-state index in [1.807, 2.05) is 20.8 Å². The summed E-state index contributed by atoms with van der Waals surface area (Å²) >= 11 is 0.998. The molecular formula is C20H20FN5O2S. The van der Waals surface area contributed by atoms with E-state index >= 15 is 0 Å². The third-order valence-corrected chi connectivity index (χ3v) is 4.44. The van der Waals surface area contributed by atoms with Crippen molar-refractivity contribution in [1.82, 2.24) is 19.9 Å². The number of pyridine rings is 1. The van der Waals surface area contributed by atoms with Crippen molar-refractivity contribution in [2.75, 3.05) is 4.90 Å². The van der Waals surface area contributed by atoms with Gasteiger partial charge in [-0.2, -0.15) is 0 Å². The summed E-state index contributed by atoms with van der Waals surface area (Å²) in [5.41, 5.74) is -0.0760. The van der Waals surface area contributed by atoms with E-state index in [1.165, 1.54) is 36.0 Å². The smallest absolute Gasteiger partial charge is 0.280 e. The molecule has 150 valence electrons. The molecule has 2 heterocycles.